The van der Waals surface area contributed by atoms with Gasteiger partial charge in [-0.2, -0.15) is 0 Å². The Kier molecular flexibility index (Phi) is 5.88. The number of carbonyl (C=O) groups is 3. The Bertz CT molecular complexity index is 1020. The summed E-state index contributed by atoms with van der Waals surface area (Å²) >= 11 is 12.0. The van der Waals surface area contributed by atoms with Gasteiger partial charge in [0.25, 0.3) is 11.8 Å². The molecular weight excluding hydrogens is 417 g/mol. The largest absolute Gasteiger partial charge is 0.367 e. The number of rotatable bonds is 5. The predicted octanol–water partition coefficient (Wildman–Crippen LogP) is 1.67. The standard InChI is InChI=1S/C19H17Cl2N5O3/c1-23-17(28)15-19(18(22)29,25-9-24-15)10-5-7-11(8-6-10)26-16(27)12-3-2-4-13(20)14(12)21/h2-8,25H,9H2,1H3,(H2,22,29)(H,23,28)(H,26,27). The first-order valence-corrected chi connectivity index (χ1v) is 9.24. The molecule has 3 amide bonds. The molecule has 0 radical (unpaired) electrons. The topological polar surface area (TPSA) is 126 Å². The van der Waals surface area contributed by atoms with Crippen LogP contribution < -0.4 is 21.7 Å². The maximum absolute atomic E-state index is 12.5. The molecule has 5 N–H and O–H groups in total. The highest BCUT2D eigenvalue weighted by Crippen LogP contribution is 2.29. The maximum atomic E-state index is 12.5. The van der Waals surface area contributed by atoms with Gasteiger partial charge in [0, 0.05) is 12.7 Å². The fourth-order valence-electron chi connectivity index (χ4n) is 3.07. The number of carbonyl (C=O) groups excluding carboxylic acids is 3. The molecule has 0 bridgehead atoms. The number of anilines is 1. The van der Waals surface area contributed by atoms with Crippen LogP contribution in [0.2, 0.25) is 10.0 Å². The molecule has 29 heavy (non-hydrogen) atoms. The molecule has 0 saturated heterocycles. The van der Waals surface area contributed by atoms with Gasteiger partial charge in [0.1, 0.15) is 5.71 Å². The van der Waals surface area contributed by atoms with Gasteiger partial charge >= 0.3 is 0 Å². The van der Waals surface area contributed by atoms with Crippen molar-refractivity contribution in [3.63, 3.8) is 0 Å². The number of nitrogens with zero attached hydrogens (tertiary/aromatic N) is 1. The van der Waals surface area contributed by atoms with Gasteiger partial charge in [-0.15, -0.1) is 0 Å². The normalized spacial score (nSPS) is 18.1. The van der Waals surface area contributed by atoms with Crippen LogP contribution in [0.25, 0.3) is 0 Å². The van der Waals surface area contributed by atoms with Gasteiger partial charge in [0.2, 0.25) is 5.91 Å². The summed E-state index contributed by atoms with van der Waals surface area (Å²) in [6.45, 7) is 0.0669. The molecule has 1 heterocycles. The lowest BCUT2D eigenvalue weighted by atomic mass is 9.84. The maximum Gasteiger partial charge on any atom is 0.267 e. The number of aliphatic imine (C=N–C) groups is 1. The first-order valence-electron chi connectivity index (χ1n) is 8.49. The number of nitrogens with two attached hydrogens (primary N) is 1. The van der Waals surface area contributed by atoms with Crippen molar-refractivity contribution in [3.8, 4) is 0 Å². The molecule has 1 unspecified atom stereocenters. The van der Waals surface area contributed by atoms with Crippen molar-refractivity contribution < 1.29 is 14.4 Å². The molecule has 0 spiro atoms. The zero-order valence-electron chi connectivity index (χ0n) is 15.3. The molecule has 0 aromatic heterocycles. The zero-order valence-corrected chi connectivity index (χ0v) is 16.8. The van der Waals surface area contributed by atoms with Crippen LogP contribution in [-0.2, 0) is 15.1 Å². The molecule has 10 heteroatoms. The molecule has 1 aliphatic rings. The van der Waals surface area contributed by atoms with Crippen molar-refractivity contribution in [1.82, 2.24) is 10.6 Å². The van der Waals surface area contributed by atoms with Crippen LogP contribution in [0.3, 0.4) is 0 Å². The lowest BCUT2D eigenvalue weighted by Crippen LogP contribution is -2.58. The molecule has 0 fully saturated rings. The Balaban J connectivity index is 1.88. The van der Waals surface area contributed by atoms with Crippen LogP contribution >= 0.6 is 23.2 Å². The van der Waals surface area contributed by atoms with Gasteiger partial charge in [0.15, 0.2) is 5.54 Å². The minimum atomic E-state index is -1.56. The molecule has 8 nitrogen and oxygen atoms in total. The number of primary amides is 1. The number of hydrogen-bond acceptors (Lipinski definition) is 5. The minimum Gasteiger partial charge on any atom is -0.367 e. The summed E-state index contributed by atoms with van der Waals surface area (Å²) in [5, 5.41) is 8.47. The fourth-order valence-corrected chi connectivity index (χ4v) is 3.45. The molecule has 0 aliphatic carbocycles. The van der Waals surface area contributed by atoms with Crippen LogP contribution in [0, 0.1) is 0 Å². The first kappa shape index (κ1) is 20.8. The summed E-state index contributed by atoms with van der Waals surface area (Å²) in [7, 11) is 1.44. The molecule has 3 rings (SSSR count). The van der Waals surface area contributed by atoms with Gasteiger partial charge in [0.05, 0.1) is 22.3 Å². The highest BCUT2D eigenvalue weighted by molar-refractivity contribution is 6.47. The smallest absolute Gasteiger partial charge is 0.267 e. The second kappa shape index (κ2) is 8.20. The van der Waals surface area contributed by atoms with Crippen molar-refractivity contribution >= 4 is 52.3 Å². The average molecular weight is 434 g/mol. The Morgan fingerprint density at radius 3 is 2.41 bits per heavy atom. The lowest BCUT2D eigenvalue weighted by Gasteiger charge is -2.27. The summed E-state index contributed by atoms with van der Waals surface area (Å²) < 4.78 is 0. The Labute approximate surface area is 176 Å². The lowest BCUT2D eigenvalue weighted by molar-refractivity contribution is -0.123. The fraction of sp³-hybridized carbons (Fsp3) is 0.158. The van der Waals surface area contributed by atoms with E-state index in [1.54, 1.807) is 42.5 Å². The van der Waals surface area contributed by atoms with Crippen molar-refractivity contribution in [2.24, 2.45) is 10.7 Å². The SMILES string of the molecule is CNC(=O)C1=NCNC1(C(N)=O)c1ccc(NC(=O)c2cccc(Cl)c2Cl)cc1. The van der Waals surface area contributed by atoms with Gasteiger partial charge < -0.3 is 16.4 Å². The second-order valence-electron chi connectivity index (χ2n) is 6.17. The van der Waals surface area contributed by atoms with E-state index in [2.05, 4.69) is 20.9 Å². The molecular formula is C19H17Cl2N5O3. The highest BCUT2D eigenvalue weighted by Gasteiger charge is 2.49. The van der Waals surface area contributed by atoms with Crippen LogP contribution in [-0.4, -0.2) is 37.1 Å². The highest BCUT2D eigenvalue weighted by atomic mass is 35.5. The van der Waals surface area contributed by atoms with E-state index in [1.165, 1.54) is 7.05 Å². The Hall–Kier alpha value is -2.94. The number of hydrogen-bond donors (Lipinski definition) is 4. The zero-order chi connectivity index (χ0) is 21.2. The number of amides is 3. The van der Waals surface area contributed by atoms with Gasteiger partial charge in [-0.25, -0.2) is 0 Å². The van der Waals surface area contributed by atoms with E-state index in [4.69, 9.17) is 28.9 Å². The van der Waals surface area contributed by atoms with Crippen molar-refractivity contribution in [2.45, 2.75) is 5.54 Å². The third kappa shape index (κ3) is 3.69. The summed E-state index contributed by atoms with van der Waals surface area (Å²) in [5.74, 6) is -1.72. The van der Waals surface area contributed by atoms with Crippen molar-refractivity contribution in [3.05, 3.63) is 63.6 Å². The van der Waals surface area contributed by atoms with Gasteiger partial charge in [-0.05, 0) is 29.8 Å². The summed E-state index contributed by atoms with van der Waals surface area (Å²) in [6.07, 6.45) is 0. The molecule has 2 aromatic rings. The number of halogens is 2. The van der Waals surface area contributed by atoms with Gasteiger partial charge in [-0.3, -0.25) is 24.7 Å². The third-order valence-electron chi connectivity index (χ3n) is 4.52. The van der Waals surface area contributed by atoms with Crippen LogP contribution in [0.4, 0.5) is 5.69 Å². The average Bonchev–Trinajstić information content (AvgIpc) is 3.16. The van der Waals surface area contributed by atoms with Crippen molar-refractivity contribution in [1.29, 1.82) is 0 Å². The van der Waals surface area contributed by atoms with E-state index in [1.807, 2.05) is 0 Å². The van der Waals surface area contributed by atoms with E-state index in [-0.39, 0.29) is 28.0 Å². The quantitative estimate of drug-likeness (QED) is 0.571. The monoisotopic (exact) mass is 433 g/mol. The van der Waals surface area contributed by atoms with Crippen LogP contribution in [0.5, 0.6) is 0 Å². The van der Waals surface area contributed by atoms with E-state index in [9.17, 15) is 14.4 Å². The molecule has 150 valence electrons. The van der Waals surface area contributed by atoms with Crippen LogP contribution in [0.15, 0.2) is 47.5 Å². The Morgan fingerprint density at radius 1 is 1.10 bits per heavy atom. The molecule has 2 aromatic carbocycles. The van der Waals surface area contributed by atoms with Gasteiger partial charge in [-0.1, -0.05) is 41.4 Å². The van der Waals surface area contributed by atoms with E-state index in [0.29, 0.717) is 11.3 Å². The second-order valence-corrected chi connectivity index (χ2v) is 6.95. The number of benzene rings is 2. The summed E-state index contributed by atoms with van der Waals surface area (Å²) in [6, 6.07) is 11.1. The van der Waals surface area contributed by atoms with E-state index >= 15 is 0 Å². The Morgan fingerprint density at radius 2 is 1.79 bits per heavy atom. The van der Waals surface area contributed by atoms with Crippen molar-refractivity contribution in [2.75, 3.05) is 19.0 Å². The molecule has 0 saturated carbocycles. The minimum absolute atomic E-state index is 0.0185. The van der Waals surface area contributed by atoms with Crippen LogP contribution in [0.1, 0.15) is 15.9 Å². The summed E-state index contributed by atoms with van der Waals surface area (Å²) in [5.41, 5.74) is 5.13. The van der Waals surface area contributed by atoms with E-state index < -0.39 is 23.3 Å². The molecule has 1 aliphatic heterocycles. The molecule has 1 atom stereocenters. The first-order chi connectivity index (χ1) is 13.8. The summed E-state index contributed by atoms with van der Waals surface area (Å²) in [4.78, 5) is 41.0. The predicted molar refractivity (Wildman–Crippen MR) is 111 cm³/mol. The third-order valence-corrected chi connectivity index (χ3v) is 5.34. The van der Waals surface area contributed by atoms with E-state index in [0.717, 1.165) is 0 Å². The number of nitrogens with one attached hydrogen (secondary N) is 3.